The fourth-order valence-corrected chi connectivity index (χ4v) is 0. The van der Waals surface area contributed by atoms with Gasteiger partial charge >= 0.3 is 29.6 Å². The quantitative estimate of drug-likeness (QED) is 0.349. The van der Waals surface area contributed by atoms with E-state index in [1.54, 1.807) is 0 Å². The largest absolute Gasteiger partial charge is 1.00 e. The predicted octanol–water partition coefficient (Wildman–Crippen LogP) is -2.49. The molecule has 0 unspecified atom stereocenters. The van der Waals surface area contributed by atoms with Crippen LogP contribution in [0.2, 0.25) is 0 Å². The number of methoxy groups -OCH3 is 2. The van der Waals surface area contributed by atoms with Gasteiger partial charge in [-0.05, 0) is 24.4 Å². The van der Waals surface area contributed by atoms with Gasteiger partial charge in [-0.3, -0.25) is 0 Å². The van der Waals surface area contributed by atoms with Gasteiger partial charge in [0.15, 0.2) is 0 Å². The van der Waals surface area contributed by atoms with Crippen LogP contribution in [-0.4, -0.2) is 24.6 Å². The van der Waals surface area contributed by atoms with E-state index in [4.69, 9.17) is 11.5 Å². The van der Waals surface area contributed by atoms with E-state index in [0.29, 0.717) is 0 Å². The molecule has 0 saturated heterocycles. The second-order valence-corrected chi connectivity index (χ2v) is 1.85. The molecule has 0 aliphatic carbocycles. The molecule has 0 saturated carbocycles. The minimum atomic E-state index is 0. The van der Waals surface area contributed by atoms with Crippen molar-refractivity contribution in [2.75, 3.05) is 14.2 Å². The Bertz CT molecular complexity index is 115. The average Bonchev–Trinajstić information content (AvgIpc) is 1.89. The molecule has 0 aromatic carbocycles. The van der Waals surface area contributed by atoms with Crippen LogP contribution in [0.5, 0.6) is 0 Å². The molecule has 0 amide bonds. The van der Waals surface area contributed by atoms with Crippen molar-refractivity contribution in [1.82, 2.24) is 0 Å². The fourth-order valence-electron chi connectivity index (χ4n) is 0. The second kappa shape index (κ2) is 17.5. The smallest absolute Gasteiger partial charge is 1.00 e. The molecule has 7 heteroatoms. The molecule has 0 spiro atoms. The minimum Gasteiger partial charge on any atom is -1.00 e. The van der Waals surface area contributed by atoms with Gasteiger partial charge in [0.25, 0.3) is 10.3 Å². The van der Waals surface area contributed by atoms with Crippen LogP contribution in [0.3, 0.4) is 0 Å². The van der Waals surface area contributed by atoms with E-state index >= 15 is 0 Å². The molecule has 0 aliphatic heterocycles. The van der Waals surface area contributed by atoms with Gasteiger partial charge in [0.1, 0.15) is 0 Å². The van der Waals surface area contributed by atoms with Crippen LogP contribution in [0, 0.1) is 0 Å². The van der Waals surface area contributed by atoms with Crippen LogP contribution >= 0.6 is 24.4 Å². The van der Waals surface area contributed by atoms with Crippen LogP contribution in [0.15, 0.2) is 0 Å². The van der Waals surface area contributed by atoms with Gasteiger partial charge in [0.2, 0.25) is 0 Å². The third kappa shape index (κ3) is 47.6. The summed E-state index contributed by atoms with van der Waals surface area (Å²) < 4.78 is 8.52. The van der Waals surface area contributed by atoms with Crippen LogP contribution in [0.1, 0.15) is 8.85 Å². The molecule has 4 nitrogen and oxygen atoms in total. The molecule has 0 aromatic heterocycles. The standard InChI is InChI=1S/2C2H5NOS.CH4.Na.H/c2*1-4-2(3)5;;;/h2*1H3,(H2,3,5);1H4;;/q;;;+1;-1. The molecule has 0 bridgehead atoms. The summed E-state index contributed by atoms with van der Waals surface area (Å²) in [7, 11) is 2.87. The van der Waals surface area contributed by atoms with E-state index in [-0.39, 0.29) is 48.8 Å². The first-order valence-corrected chi connectivity index (χ1v) is 3.03. The Kier molecular flexibility index (Phi) is 33.2. The Balaban J connectivity index is -0.0000000267. The first-order chi connectivity index (χ1) is 4.54. The molecular formula is C5H15N2NaO2S2. The fraction of sp³-hybridized carbons (Fsp3) is 0.600. The predicted molar refractivity (Wildman–Crippen MR) is 55.4 cm³/mol. The summed E-state index contributed by atoms with van der Waals surface area (Å²) in [6.07, 6.45) is 0. The van der Waals surface area contributed by atoms with E-state index in [0.717, 1.165) is 0 Å². The Hall–Kier alpha value is 0.380. The van der Waals surface area contributed by atoms with Gasteiger partial charge < -0.3 is 22.4 Å². The topological polar surface area (TPSA) is 70.5 Å². The molecular weight excluding hydrogens is 207 g/mol. The molecule has 0 atom stereocenters. The SMILES string of the molecule is C.COC(N)=S.COC(N)=S.[H-].[Na+]. The molecule has 70 valence electrons. The van der Waals surface area contributed by atoms with Gasteiger partial charge in [-0.25, -0.2) is 0 Å². The van der Waals surface area contributed by atoms with E-state index in [1.807, 2.05) is 0 Å². The maximum atomic E-state index is 4.80. The summed E-state index contributed by atoms with van der Waals surface area (Å²) in [5.74, 6) is 0. The van der Waals surface area contributed by atoms with E-state index < -0.39 is 0 Å². The minimum absolute atomic E-state index is 0. The van der Waals surface area contributed by atoms with Gasteiger partial charge in [-0.1, -0.05) is 7.43 Å². The number of hydrogen-bond acceptors (Lipinski definition) is 4. The van der Waals surface area contributed by atoms with E-state index in [1.165, 1.54) is 14.2 Å². The van der Waals surface area contributed by atoms with Crippen molar-refractivity contribution in [3.63, 3.8) is 0 Å². The normalized spacial score (nSPS) is 5.50. The number of ether oxygens (including phenoxy) is 2. The van der Waals surface area contributed by atoms with Crippen molar-refractivity contribution in [3.8, 4) is 0 Å². The van der Waals surface area contributed by atoms with Gasteiger partial charge in [0.05, 0.1) is 14.2 Å². The zero-order valence-electron chi connectivity index (χ0n) is 7.79. The Morgan fingerprint density at radius 2 is 1.17 bits per heavy atom. The Labute approximate surface area is 108 Å². The van der Waals surface area contributed by atoms with Crippen LogP contribution in [-0.2, 0) is 9.47 Å². The van der Waals surface area contributed by atoms with Crippen LogP contribution < -0.4 is 41.0 Å². The van der Waals surface area contributed by atoms with E-state index in [2.05, 4.69) is 33.9 Å². The van der Waals surface area contributed by atoms with Crippen molar-refractivity contribution in [1.29, 1.82) is 0 Å². The summed E-state index contributed by atoms with van der Waals surface area (Å²) in [4.78, 5) is 0. The number of hydrogen-bond donors (Lipinski definition) is 2. The number of nitrogens with two attached hydrogens (primary N) is 2. The van der Waals surface area contributed by atoms with Crippen LogP contribution in [0.4, 0.5) is 0 Å². The molecule has 0 heterocycles. The Morgan fingerprint density at radius 1 is 1.08 bits per heavy atom. The van der Waals surface area contributed by atoms with Crippen LogP contribution in [0.25, 0.3) is 0 Å². The summed E-state index contributed by atoms with van der Waals surface area (Å²) in [6, 6.07) is 0. The third-order valence-electron chi connectivity index (χ3n) is 0.402. The number of thiocarbonyl (C=S) groups is 2. The second-order valence-electron chi connectivity index (χ2n) is 1.05. The maximum Gasteiger partial charge on any atom is 1.00 e. The zero-order chi connectivity index (χ0) is 8.57. The van der Waals surface area contributed by atoms with E-state index in [9.17, 15) is 0 Å². The average molecular weight is 222 g/mol. The first-order valence-electron chi connectivity index (χ1n) is 2.21. The van der Waals surface area contributed by atoms with Crippen molar-refractivity contribution in [3.05, 3.63) is 0 Å². The summed E-state index contributed by atoms with van der Waals surface area (Å²) in [6.45, 7) is 0. The van der Waals surface area contributed by atoms with Crippen molar-refractivity contribution >= 4 is 34.8 Å². The summed E-state index contributed by atoms with van der Waals surface area (Å²) >= 11 is 8.50. The molecule has 0 radical (unpaired) electrons. The molecule has 0 rings (SSSR count). The molecule has 0 fully saturated rings. The molecule has 0 aromatic rings. The Morgan fingerprint density at radius 3 is 1.17 bits per heavy atom. The molecule has 12 heavy (non-hydrogen) atoms. The molecule has 4 N–H and O–H groups in total. The summed E-state index contributed by atoms with van der Waals surface area (Å²) in [5, 5.41) is 0.176. The van der Waals surface area contributed by atoms with Crippen molar-refractivity contribution < 1.29 is 40.5 Å². The van der Waals surface area contributed by atoms with Gasteiger partial charge in [0, 0.05) is 0 Å². The summed E-state index contributed by atoms with van der Waals surface area (Å²) in [5.41, 5.74) is 9.60. The van der Waals surface area contributed by atoms with Gasteiger partial charge in [-0.15, -0.1) is 0 Å². The van der Waals surface area contributed by atoms with Gasteiger partial charge in [-0.2, -0.15) is 0 Å². The maximum absolute atomic E-state index is 4.80. The monoisotopic (exact) mass is 222 g/mol. The zero-order valence-corrected chi connectivity index (χ0v) is 10.4. The van der Waals surface area contributed by atoms with Crippen molar-refractivity contribution in [2.45, 2.75) is 7.43 Å². The van der Waals surface area contributed by atoms with Crippen molar-refractivity contribution in [2.24, 2.45) is 11.5 Å². The third-order valence-corrected chi connectivity index (χ3v) is 0.736. The first kappa shape index (κ1) is 22.8. The number of rotatable bonds is 0. The molecule has 0 aliphatic rings.